The Morgan fingerprint density at radius 1 is 0.967 bits per heavy atom. The number of carbonyl (C=O) groups is 3. The van der Waals surface area contributed by atoms with Crippen molar-refractivity contribution in [3.63, 3.8) is 0 Å². The number of aryl methyl sites for hydroxylation is 1. The van der Waals surface area contributed by atoms with Gasteiger partial charge in [-0.25, -0.2) is 4.98 Å². The van der Waals surface area contributed by atoms with Gasteiger partial charge in [-0.1, -0.05) is 24.3 Å². The van der Waals surface area contributed by atoms with Gasteiger partial charge in [0.1, 0.15) is 0 Å². The molecule has 154 valence electrons. The van der Waals surface area contributed by atoms with Crippen LogP contribution in [0.25, 0.3) is 0 Å². The lowest BCUT2D eigenvalue weighted by molar-refractivity contribution is -0.117. The van der Waals surface area contributed by atoms with Crippen LogP contribution in [0.1, 0.15) is 16.8 Å². The molecule has 0 aliphatic carbocycles. The third-order valence-corrected chi connectivity index (χ3v) is 4.33. The highest BCUT2D eigenvalue weighted by atomic mass is 16.2. The Morgan fingerprint density at radius 3 is 2.43 bits per heavy atom. The lowest BCUT2D eigenvalue weighted by Crippen LogP contribution is -2.35. The van der Waals surface area contributed by atoms with E-state index in [-0.39, 0.29) is 30.7 Å². The van der Waals surface area contributed by atoms with E-state index >= 15 is 0 Å². The quantitative estimate of drug-likeness (QED) is 0.602. The van der Waals surface area contributed by atoms with E-state index in [9.17, 15) is 14.4 Å². The van der Waals surface area contributed by atoms with E-state index in [1.54, 1.807) is 62.2 Å². The van der Waals surface area contributed by atoms with Crippen LogP contribution in [-0.2, 0) is 16.1 Å². The molecule has 0 bridgehead atoms. The minimum Gasteiger partial charge on any atom is -0.337 e. The maximum Gasteiger partial charge on any atom is 0.254 e. The number of carbonyl (C=O) groups excluding carboxylic acids is 3. The zero-order valence-corrected chi connectivity index (χ0v) is 16.6. The molecule has 8 heteroatoms. The molecule has 1 aromatic heterocycles. The van der Waals surface area contributed by atoms with E-state index < -0.39 is 0 Å². The highest BCUT2D eigenvalue weighted by Gasteiger charge is 2.16. The van der Waals surface area contributed by atoms with Crippen LogP contribution in [0.5, 0.6) is 0 Å². The summed E-state index contributed by atoms with van der Waals surface area (Å²) in [6, 6.07) is 15.7. The van der Waals surface area contributed by atoms with Crippen LogP contribution in [0.4, 0.5) is 11.4 Å². The first kappa shape index (κ1) is 20.8. The van der Waals surface area contributed by atoms with E-state index in [4.69, 9.17) is 0 Å². The van der Waals surface area contributed by atoms with Crippen LogP contribution in [0.15, 0.2) is 73.3 Å². The van der Waals surface area contributed by atoms with Crippen molar-refractivity contribution in [1.29, 1.82) is 0 Å². The molecule has 0 aliphatic heterocycles. The SMILES string of the molecule is CN(CC(=O)Nc1ccccc1)C(=O)c1cccc(NC(=O)CCn2ccnc2)c1. The Hall–Kier alpha value is -3.94. The fourth-order valence-electron chi connectivity index (χ4n) is 2.83. The Labute approximate surface area is 174 Å². The maximum absolute atomic E-state index is 12.7. The van der Waals surface area contributed by atoms with Gasteiger partial charge in [-0.15, -0.1) is 0 Å². The van der Waals surface area contributed by atoms with Crippen molar-refractivity contribution in [2.75, 3.05) is 24.2 Å². The van der Waals surface area contributed by atoms with Crippen LogP contribution in [0, 0.1) is 0 Å². The Kier molecular flexibility index (Phi) is 6.94. The number of likely N-dealkylation sites (N-methyl/N-ethyl adjacent to an activating group) is 1. The lowest BCUT2D eigenvalue weighted by Gasteiger charge is -2.17. The summed E-state index contributed by atoms with van der Waals surface area (Å²) in [6.07, 6.45) is 5.38. The number of amides is 3. The van der Waals surface area contributed by atoms with Crippen molar-refractivity contribution >= 4 is 29.1 Å². The second kappa shape index (κ2) is 10.0. The van der Waals surface area contributed by atoms with Crippen molar-refractivity contribution in [3.8, 4) is 0 Å². The Bertz CT molecular complexity index is 1000. The van der Waals surface area contributed by atoms with E-state index in [2.05, 4.69) is 15.6 Å². The maximum atomic E-state index is 12.7. The number of imidazole rings is 1. The number of anilines is 2. The number of rotatable bonds is 8. The summed E-state index contributed by atoms with van der Waals surface area (Å²) in [7, 11) is 1.56. The van der Waals surface area contributed by atoms with Gasteiger partial charge in [0.25, 0.3) is 5.91 Å². The molecule has 2 aromatic carbocycles. The molecule has 0 saturated heterocycles. The predicted molar refractivity (Wildman–Crippen MR) is 114 cm³/mol. The summed E-state index contributed by atoms with van der Waals surface area (Å²) in [6.45, 7) is 0.430. The molecule has 30 heavy (non-hydrogen) atoms. The van der Waals surface area contributed by atoms with E-state index in [0.29, 0.717) is 23.5 Å². The zero-order valence-electron chi connectivity index (χ0n) is 16.6. The van der Waals surface area contributed by atoms with Gasteiger partial charge in [0.2, 0.25) is 11.8 Å². The number of benzene rings is 2. The standard InChI is InChI=1S/C22H23N5O3/c1-26(15-21(29)24-18-7-3-2-4-8-18)22(30)17-6-5-9-19(14-17)25-20(28)10-12-27-13-11-23-16-27/h2-9,11,13-14,16H,10,12,15H2,1H3,(H,24,29)(H,25,28). The molecule has 0 atom stereocenters. The molecule has 8 nitrogen and oxygen atoms in total. The first-order valence-electron chi connectivity index (χ1n) is 9.47. The summed E-state index contributed by atoms with van der Waals surface area (Å²) < 4.78 is 1.81. The summed E-state index contributed by atoms with van der Waals surface area (Å²) in [5.41, 5.74) is 1.58. The second-order valence-electron chi connectivity index (χ2n) is 6.75. The molecule has 0 aliphatic rings. The van der Waals surface area contributed by atoms with Crippen LogP contribution >= 0.6 is 0 Å². The van der Waals surface area contributed by atoms with Crippen molar-refractivity contribution in [1.82, 2.24) is 14.5 Å². The fourth-order valence-corrected chi connectivity index (χ4v) is 2.83. The van der Waals surface area contributed by atoms with Crippen molar-refractivity contribution in [2.45, 2.75) is 13.0 Å². The first-order chi connectivity index (χ1) is 14.5. The van der Waals surface area contributed by atoms with Crippen LogP contribution in [0.2, 0.25) is 0 Å². The minimum absolute atomic E-state index is 0.0881. The molecule has 1 heterocycles. The normalized spacial score (nSPS) is 10.3. The Morgan fingerprint density at radius 2 is 1.70 bits per heavy atom. The highest BCUT2D eigenvalue weighted by molar-refractivity contribution is 6.00. The number of hydrogen-bond donors (Lipinski definition) is 2. The van der Waals surface area contributed by atoms with Crippen molar-refractivity contribution in [2.24, 2.45) is 0 Å². The minimum atomic E-state index is -0.312. The third kappa shape index (κ3) is 6.03. The molecule has 0 radical (unpaired) electrons. The predicted octanol–water partition coefficient (Wildman–Crippen LogP) is 2.62. The summed E-state index contributed by atoms with van der Waals surface area (Å²) in [5, 5.41) is 5.54. The summed E-state index contributed by atoms with van der Waals surface area (Å²) in [4.78, 5) is 42.3. The fraction of sp³-hybridized carbons (Fsp3) is 0.182. The van der Waals surface area contributed by atoms with Crippen molar-refractivity contribution < 1.29 is 14.4 Å². The zero-order chi connectivity index (χ0) is 21.3. The highest BCUT2D eigenvalue weighted by Crippen LogP contribution is 2.13. The second-order valence-corrected chi connectivity index (χ2v) is 6.75. The number of para-hydroxylation sites is 1. The molecule has 0 saturated carbocycles. The smallest absolute Gasteiger partial charge is 0.254 e. The molecule has 0 spiro atoms. The lowest BCUT2D eigenvalue weighted by atomic mass is 10.1. The van der Waals surface area contributed by atoms with Gasteiger partial charge < -0.3 is 20.1 Å². The molecule has 3 aromatic rings. The number of nitrogens with zero attached hydrogens (tertiary/aromatic N) is 3. The molecular weight excluding hydrogens is 382 g/mol. The molecule has 3 rings (SSSR count). The van der Waals surface area contributed by atoms with Gasteiger partial charge in [-0.3, -0.25) is 14.4 Å². The summed E-state index contributed by atoms with van der Waals surface area (Å²) in [5.74, 6) is -0.766. The van der Waals surface area contributed by atoms with Gasteiger partial charge in [0, 0.05) is 49.3 Å². The largest absolute Gasteiger partial charge is 0.337 e. The molecule has 2 N–H and O–H groups in total. The molecule has 0 unspecified atom stereocenters. The van der Waals surface area contributed by atoms with Gasteiger partial charge in [-0.2, -0.15) is 0 Å². The van der Waals surface area contributed by atoms with Crippen LogP contribution in [0.3, 0.4) is 0 Å². The topological polar surface area (TPSA) is 96.3 Å². The first-order valence-corrected chi connectivity index (χ1v) is 9.47. The molecular formula is C22H23N5O3. The molecule has 3 amide bonds. The van der Waals surface area contributed by atoms with E-state index in [1.807, 2.05) is 22.8 Å². The van der Waals surface area contributed by atoms with Gasteiger partial charge >= 0.3 is 0 Å². The van der Waals surface area contributed by atoms with Crippen LogP contribution in [-0.4, -0.2) is 45.8 Å². The average molecular weight is 405 g/mol. The average Bonchev–Trinajstić information content (AvgIpc) is 3.26. The summed E-state index contributed by atoms with van der Waals surface area (Å²) >= 11 is 0. The van der Waals surface area contributed by atoms with Gasteiger partial charge in [0.15, 0.2) is 0 Å². The molecule has 0 fully saturated rings. The van der Waals surface area contributed by atoms with Gasteiger partial charge in [-0.05, 0) is 30.3 Å². The third-order valence-electron chi connectivity index (χ3n) is 4.33. The number of aromatic nitrogens is 2. The monoisotopic (exact) mass is 405 g/mol. The van der Waals surface area contributed by atoms with E-state index in [1.165, 1.54) is 4.90 Å². The van der Waals surface area contributed by atoms with Crippen molar-refractivity contribution in [3.05, 3.63) is 78.9 Å². The van der Waals surface area contributed by atoms with E-state index in [0.717, 1.165) is 0 Å². The number of nitrogens with one attached hydrogen (secondary N) is 2. The van der Waals surface area contributed by atoms with Crippen LogP contribution < -0.4 is 10.6 Å². The van der Waals surface area contributed by atoms with Gasteiger partial charge in [0.05, 0.1) is 12.9 Å². The number of hydrogen-bond acceptors (Lipinski definition) is 4. The Balaban J connectivity index is 1.54.